The molecule has 4 heteroatoms. The van der Waals surface area contributed by atoms with E-state index in [2.05, 4.69) is 24.1 Å². The molecule has 0 aromatic rings. The normalized spacial score (nSPS) is 11.9. The van der Waals surface area contributed by atoms with E-state index in [9.17, 15) is 4.79 Å². The average molecular weight is 230 g/mol. The molecule has 0 bridgehead atoms. The topological polar surface area (TPSA) is 41.6 Å². The standard InChI is InChI=1S/C12H26N2O2/c1-6-14(7-2)9-8-13-11(15)10-16-12(3,4)5/h6-10H2,1-5H3,(H,13,15). The molecule has 1 amide bonds. The lowest BCUT2D eigenvalue weighted by Crippen LogP contribution is -2.37. The highest BCUT2D eigenvalue weighted by atomic mass is 16.5. The van der Waals surface area contributed by atoms with Gasteiger partial charge in [-0.15, -0.1) is 0 Å². The molecule has 0 rings (SSSR count). The van der Waals surface area contributed by atoms with Gasteiger partial charge in [-0.1, -0.05) is 13.8 Å². The minimum atomic E-state index is -0.254. The number of carbonyl (C=O) groups is 1. The molecule has 0 saturated carbocycles. The van der Waals surface area contributed by atoms with Crippen LogP contribution in [0.15, 0.2) is 0 Å². The summed E-state index contributed by atoms with van der Waals surface area (Å²) in [6.45, 7) is 13.8. The van der Waals surface area contributed by atoms with E-state index < -0.39 is 0 Å². The van der Waals surface area contributed by atoms with E-state index >= 15 is 0 Å². The third-order valence-corrected chi connectivity index (χ3v) is 2.28. The van der Waals surface area contributed by atoms with Gasteiger partial charge in [-0.25, -0.2) is 0 Å². The number of likely N-dealkylation sites (N-methyl/N-ethyl adjacent to an activating group) is 1. The predicted octanol–water partition coefficient (Wildman–Crippen LogP) is 1.26. The summed E-state index contributed by atoms with van der Waals surface area (Å²) in [6.07, 6.45) is 0. The van der Waals surface area contributed by atoms with Gasteiger partial charge in [-0.2, -0.15) is 0 Å². The lowest BCUT2D eigenvalue weighted by Gasteiger charge is -2.20. The van der Waals surface area contributed by atoms with Crippen LogP contribution >= 0.6 is 0 Å². The third kappa shape index (κ3) is 8.68. The predicted molar refractivity (Wildman–Crippen MR) is 66.5 cm³/mol. The monoisotopic (exact) mass is 230 g/mol. The molecule has 0 aliphatic carbocycles. The van der Waals surface area contributed by atoms with Crippen LogP contribution in [0.3, 0.4) is 0 Å². The Balaban J connectivity index is 3.58. The lowest BCUT2D eigenvalue weighted by atomic mass is 10.2. The zero-order chi connectivity index (χ0) is 12.6. The Bertz CT molecular complexity index is 196. The second kappa shape index (κ2) is 7.63. The molecular formula is C12H26N2O2. The molecule has 0 unspecified atom stereocenters. The van der Waals surface area contributed by atoms with Gasteiger partial charge in [-0.3, -0.25) is 4.79 Å². The number of nitrogens with one attached hydrogen (secondary N) is 1. The highest BCUT2D eigenvalue weighted by Gasteiger charge is 2.12. The molecule has 4 nitrogen and oxygen atoms in total. The molecule has 0 saturated heterocycles. The van der Waals surface area contributed by atoms with Gasteiger partial charge in [-0.05, 0) is 33.9 Å². The molecule has 0 fully saturated rings. The highest BCUT2D eigenvalue weighted by Crippen LogP contribution is 2.05. The zero-order valence-electron chi connectivity index (χ0n) is 11.3. The molecule has 0 spiro atoms. The van der Waals surface area contributed by atoms with Crippen molar-refractivity contribution in [3.63, 3.8) is 0 Å². The Hall–Kier alpha value is -0.610. The molecule has 0 aromatic heterocycles. The van der Waals surface area contributed by atoms with Crippen LogP contribution < -0.4 is 5.32 Å². The molecule has 0 radical (unpaired) electrons. The molecule has 1 N–H and O–H groups in total. The Labute approximate surface area is 99.3 Å². The summed E-state index contributed by atoms with van der Waals surface area (Å²) >= 11 is 0. The zero-order valence-corrected chi connectivity index (χ0v) is 11.3. The van der Waals surface area contributed by atoms with E-state index in [1.54, 1.807) is 0 Å². The molecular weight excluding hydrogens is 204 g/mol. The minimum Gasteiger partial charge on any atom is -0.366 e. The van der Waals surface area contributed by atoms with Gasteiger partial charge in [0.2, 0.25) is 5.91 Å². The summed E-state index contributed by atoms with van der Waals surface area (Å²) in [7, 11) is 0. The largest absolute Gasteiger partial charge is 0.366 e. The molecule has 0 heterocycles. The SMILES string of the molecule is CCN(CC)CCNC(=O)COC(C)(C)C. The Morgan fingerprint density at radius 2 is 1.81 bits per heavy atom. The minimum absolute atomic E-state index is 0.0397. The van der Waals surface area contributed by atoms with Gasteiger partial charge >= 0.3 is 0 Å². The van der Waals surface area contributed by atoms with Crippen LogP contribution in [0.4, 0.5) is 0 Å². The van der Waals surface area contributed by atoms with E-state index in [0.717, 1.165) is 19.6 Å². The number of hydrogen-bond acceptors (Lipinski definition) is 3. The van der Waals surface area contributed by atoms with E-state index in [4.69, 9.17) is 4.74 Å². The number of rotatable bonds is 7. The van der Waals surface area contributed by atoms with E-state index in [-0.39, 0.29) is 18.1 Å². The molecule has 16 heavy (non-hydrogen) atoms. The number of ether oxygens (including phenoxy) is 1. The average Bonchev–Trinajstić information content (AvgIpc) is 2.20. The van der Waals surface area contributed by atoms with Crippen molar-refractivity contribution in [3.05, 3.63) is 0 Å². The summed E-state index contributed by atoms with van der Waals surface area (Å²) in [6, 6.07) is 0. The van der Waals surface area contributed by atoms with Crippen molar-refractivity contribution < 1.29 is 9.53 Å². The van der Waals surface area contributed by atoms with Crippen LogP contribution in [0, 0.1) is 0 Å². The van der Waals surface area contributed by atoms with Gasteiger partial charge in [0.1, 0.15) is 6.61 Å². The fourth-order valence-corrected chi connectivity index (χ4v) is 1.23. The van der Waals surface area contributed by atoms with Gasteiger partial charge < -0.3 is 15.0 Å². The van der Waals surface area contributed by atoms with Crippen LogP contribution in [0.1, 0.15) is 34.6 Å². The quantitative estimate of drug-likeness (QED) is 0.716. The van der Waals surface area contributed by atoms with Crippen molar-refractivity contribution in [1.82, 2.24) is 10.2 Å². The maximum atomic E-state index is 11.4. The first-order chi connectivity index (χ1) is 7.39. The van der Waals surface area contributed by atoms with Gasteiger partial charge in [0.25, 0.3) is 0 Å². The first kappa shape index (κ1) is 15.4. The summed E-state index contributed by atoms with van der Waals surface area (Å²) in [5.74, 6) is -0.0397. The van der Waals surface area contributed by atoms with Crippen molar-refractivity contribution in [2.45, 2.75) is 40.2 Å². The number of hydrogen-bond donors (Lipinski definition) is 1. The Morgan fingerprint density at radius 3 is 2.25 bits per heavy atom. The summed E-state index contributed by atoms with van der Waals surface area (Å²) in [4.78, 5) is 13.7. The second-order valence-corrected chi connectivity index (χ2v) is 4.78. The lowest BCUT2D eigenvalue weighted by molar-refractivity contribution is -0.130. The fourth-order valence-electron chi connectivity index (χ4n) is 1.23. The van der Waals surface area contributed by atoms with Crippen molar-refractivity contribution in [1.29, 1.82) is 0 Å². The number of amides is 1. The van der Waals surface area contributed by atoms with Crippen molar-refractivity contribution in [2.24, 2.45) is 0 Å². The molecule has 0 aliphatic rings. The number of carbonyl (C=O) groups excluding carboxylic acids is 1. The number of nitrogens with zero attached hydrogens (tertiary/aromatic N) is 1. The van der Waals surface area contributed by atoms with Gasteiger partial charge in [0.15, 0.2) is 0 Å². The van der Waals surface area contributed by atoms with Gasteiger partial charge in [0, 0.05) is 13.1 Å². The third-order valence-electron chi connectivity index (χ3n) is 2.28. The van der Waals surface area contributed by atoms with Crippen molar-refractivity contribution in [2.75, 3.05) is 32.8 Å². The molecule has 96 valence electrons. The van der Waals surface area contributed by atoms with Crippen LogP contribution in [0.2, 0.25) is 0 Å². The van der Waals surface area contributed by atoms with Crippen LogP contribution in [-0.2, 0) is 9.53 Å². The van der Waals surface area contributed by atoms with Crippen LogP contribution in [0.5, 0.6) is 0 Å². The van der Waals surface area contributed by atoms with Gasteiger partial charge in [0.05, 0.1) is 5.60 Å². The van der Waals surface area contributed by atoms with E-state index in [1.807, 2.05) is 20.8 Å². The molecule has 0 aliphatic heterocycles. The van der Waals surface area contributed by atoms with Crippen molar-refractivity contribution >= 4 is 5.91 Å². The van der Waals surface area contributed by atoms with Crippen LogP contribution in [-0.4, -0.2) is 49.2 Å². The maximum Gasteiger partial charge on any atom is 0.246 e. The Kier molecular flexibility index (Phi) is 7.34. The molecule has 0 atom stereocenters. The fraction of sp³-hybridized carbons (Fsp3) is 0.917. The maximum absolute atomic E-state index is 11.4. The molecule has 0 aromatic carbocycles. The summed E-state index contributed by atoms with van der Waals surface area (Å²) in [5, 5.41) is 2.85. The van der Waals surface area contributed by atoms with E-state index in [1.165, 1.54) is 0 Å². The summed E-state index contributed by atoms with van der Waals surface area (Å²) < 4.78 is 5.38. The highest BCUT2D eigenvalue weighted by molar-refractivity contribution is 5.77. The van der Waals surface area contributed by atoms with Crippen LogP contribution in [0.25, 0.3) is 0 Å². The second-order valence-electron chi connectivity index (χ2n) is 4.78. The smallest absolute Gasteiger partial charge is 0.246 e. The summed E-state index contributed by atoms with van der Waals surface area (Å²) in [5.41, 5.74) is -0.254. The van der Waals surface area contributed by atoms with Crippen molar-refractivity contribution in [3.8, 4) is 0 Å². The van der Waals surface area contributed by atoms with E-state index in [0.29, 0.717) is 6.54 Å². The first-order valence-corrected chi connectivity index (χ1v) is 6.02. The Morgan fingerprint density at radius 1 is 1.25 bits per heavy atom. The first-order valence-electron chi connectivity index (χ1n) is 6.02.